The smallest absolute Gasteiger partial charge is 0.319 e. The molecule has 0 radical (unpaired) electrons. The fourth-order valence-electron chi connectivity index (χ4n) is 9.87. The molecule has 4 nitrogen and oxygen atoms in total. The highest BCUT2D eigenvalue weighted by Gasteiger charge is 2.64. The van der Waals surface area contributed by atoms with E-state index in [1.54, 1.807) is 5.57 Å². The van der Waals surface area contributed by atoms with Gasteiger partial charge in [-0.05, 0) is 104 Å². The van der Waals surface area contributed by atoms with Crippen LogP contribution in [0.2, 0.25) is 0 Å². The Morgan fingerprint density at radius 2 is 1.79 bits per heavy atom. The van der Waals surface area contributed by atoms with Crippen molar-refractivity contribution in [3.63, 3.8) is 0 Å². The zero-order valence-electron chi connectivity index (χ0n) is 25.9. The van der Waals surface area contributed by atoms with Crippen molar-refractivity contribution in [1.82, 2.24) is 5.32 Å². The van der Waals surface area contributed by atoms with Crippen molar-refractivity contribution in [3.8, 4) is 0 Å². The molecule has 0 aromatic carbocycles. The maximum Gasteiger partial charge on any atom is 0.319 e. The summed E-state index contributed by atoms with van der Waals surface area (Å²) in [6.45, 7) is 19.3. The molecular formula is C34H59NO3. The third kappa shape index (κ3) is 5.78. The Morgan fingerprint density at radius 3 is 2.53 bits per heavy atom. The van der Waals surface area contributed by atoms with Gasteiger partial charge in [0.25, 0.3) is 0 Å². The molecule has 1 N–H and O–H groups in total. The second-order valence-electron chi connectivity index (χ2n) is 14.6. The average molecular weight is 530 g/mol. The molecular weight excluding hydrogens is 470 g/mol. The molecule has 0 aliphatic heterocycles. The van der Waals surface area contributed by atoms with E-state index in [-0.39, 0.29) is 12.5 Å². The van der Waals surface area contributed by atoms with E-state index in [0.29, 0.717) is 42.1 Å². The molecule has 3 saturated carbocycles. The van der Waals surface area contributed by atoms with E-state index >= 15 is 0 Å². The largest absolute Gasteiger partial charge is 0.465 e. The molecule has 4 aliphatic carbocycles. The van der Waals surface area contributed by atoms with Gasteiger partial charge < -0.3 is 14.8 Å². The first kappa shape index (κ1) is 30.1. The number of hydrogen-bond donors (Lipinski definition) is 1. The van der Waals surface area contributed by atoms with Gasteiger partial charge in [0.15, 0.2) is 0 Å². The van der Waals surface area contributed by atoms with Crippen molar-refractivity contribution >= 4 is 5.97 Å². The molecule has 0 heterocycles. The summed E-state index contributed by atoms with van der Waals surface area (Å²) in [6.07, 6.45) is 17.8. The van der Waals surface area contributed by atoms with E-state index in [1.807, 2.05) is 6.92 Å². The number of rotatable bonds is 12. The summed E-state index contributed by atoms with van der Waals surface area (Å²) in [6, 6.07) is 0. The van der Waals surface area contributed by atoms with Crippen LogP contribution in [0.4, 0.5) is 0 Å². The van der Waals surface area contributed by atoms with Crippen molar-refractivity contribution < 1.29 is 14.3 Å². The van der Waals surface area contributed by atoms with E-state index in [2.05, 4.69) is 52.9 Å². The molecule has 0 saturated heterocycles. The molecule has 38 heavy (non-hydrogen) atoms. The molecule has 4 aliphatic rings. The minimum atomic E-state index is -0.186. The summed E-state index contributed by atoms with van der Waals surface area (Å²) in [7, 11) is 0. The lowest BCUT2D eigenvalue weighted by Gasteiger charge is -2.63. The molecule has 3 fully saturated rings. The van der Waals surface area contributed by atoms with Crippen LogP contribution in [0.5, 0.6) is 0 Å². The first-order chi connectivity index (χ1) is 18.0. The van der Waals surface area contributed by atoms with E-state index in [4.69, 9.17) is 9.47 Å². The third-order valence-corrected chi connectivity index (χ3v) is 12.3. The van der Waals surface area contributed by atoms with Gasteiger partial charge in [-0.3, -0.25) is 4.79 Å². The molecule has 4 heteroatoms. The van der Waals surface area contributed by atoms with Gasteiger partial charge in [0.05, 0.1) is 25.9 Å². The number of nitrogens with one attached hydrogen (secondary N) is 1. The topological polar surface area (TPSA) is 47.6 Å². The molecule has 0 bridgehead atoms. The minimum Gasteiger partial charge on any atom is -0.465 e. The van der Waals surface area contributed by atoms with Gasteiger partial charge >= 0.3 is 5.97 Å². The second-order valence-corrected chi connectivity index (χ2v) is 14.6. The molecule has 0 aromatic heterocycles. The molecule has 0 unspecified atom stereocenters. The van der Waals surface area contributed by atoms with Gasteiger partial charge in [-0.25, -0.2) is 0 Å². The van der Waals surface area contributed by atoms with Gasteiger partial charge in [0.1, 0.15) is 0 Å². The molecule has 4 rings (SSSR count). The highest BCUT2D eigenvalue weighted by atomic mass is 16.5. The Morgan fingerprint density at radius 1 is 1.03 bits per heavy atom. The van der Waals surface area contributed by atoms with E-state index in [9.17, 15) is 4.79 Å². The summed E-state index contributed by atoms with van der Waals surface area (Å²) < 4.78 is 11.3. The van der Waals surface area contributed by atoms with Crippen LogP contribution in [-0.2, 0) is 14.3 Å². The monoisotopic (exact) mass is 529 g/mol. The van der Waals surface area contributed by atoms with Crippen LogP contribution in [0.3, 0.4) is 0 Å². The van der Waals surface area contributed by atoms with Crippen LogP contribution in [0, 0.1) is 45.8 Å². The molecule has 218 valence electrons. The highest BCUT2D eigenvalue weighted by molar-refractivity contribution is 5.71. The maximum absolute atomic E-state index is 11.5. The van der Waals surface area contributed by atoms with Crippen LogP contribution < -0.4 is 5.32 Å². The van der Waals surface area contributed by atoms with Crippen molar-refractivity contribution in [2.75, 3.05) is 26.3 Å². The van der Waals surface area contributed by atoms with Crippen molar-refractivity contribution in [2.24, 2.45) is 45.8 Å². The molecule has 8 atom stereocenters. The van der Waals surface area contributed by atoms with Gasteiger partial charge in [0, 0.05) is 6.54 Å². The lowest BCUT2D eigenvalue weighted by atomic mass is 9.42. The van der Waals surface area contributed by atoms with E-state index < -0.39 is 0 Å². The van der Waals surface area contributed by atoms with E-state index in [0.717, 1.165) is 36.0 Å². The van der Waals surface area contributed by atoms with Gasteiger partial charge in [0.2, 0.25) is 0 Å². The van der Waals surface area contributed by atoms with Crippen LogP contribution in [0.15, 0.2) is 11.6 Å². The standard InChI is InChI=1S/C34H59NO3/c1-8-37-31(36)23-35-20-21-38-27-14-17-32(5)26(22-27)12-13-30-29(32)16-19-33(6)28(15-18-34(30,33)7)25(4)11-9-10-24(2)3/h12,24-25,27-30,35H,8-11,13-23H2,1-7H3/t25-,27+,28-,29+,30-,32+,33-,34+/m1/s1. The molecule has 0 aromatic rings. The van der Waals surface area contributed by atoms with Crippen LogP contribution >= 0.6 is 0 Å². The maximum atomic E-state index is 11.5. The lowest BCUT2D eigenvalue weighted by molar-refractivity contribution is -0.142. The SMILES string of the molecule is CCOC(=O)CNCCO[C@H]1CC[C@@]2(C)C(=CC[C@@H]3[C@@H]2CC[C@]2(C)[C@@H]([C@H](C)CCCC(C)C)CC[C@@]32C)C1. The number of allylic oxidation sites excluding steroid dienone is 1. The Bertz CT molecular complexity index is 838. The Balaban J connectivity index is 1.35. The zero-order valence-corrected chi connectivity index (χ0v) is 25.9. The van der Waals surface area contributed by atoms with Crippen molar-refractivity contribution in [3.05, 3.63) is 11.6 Å². The number of carbonyl (C=O) groups is 1. The van der Waals surface area contributed by atoms with Crippen LogP contribution in [-0.4, -0.2) is 38.4 Å². The minimum absolute atomic E-state index is 0.186. The van der Waals surface area contributed by atoms with Crippen molar-refractivity contribution in [1.29, 1.82) is 0 Å². The number of esters is 1. The molecule has 0 amide bonds. The predicted molar refractivity (Wildman–Crippen MR) is 157 cm³/mol. The summed E-state index contributed by atoms with van der Waals surface area (Å²) >= 11 is 0. The quantitative estimate of drug-likeness (QED) is 0.158. The van der Waals surface area contributed by atoms with Crippen LogP contribution in [0.1, 0.15) is 119 Å². The normalized spacial score (nSPS) is 39.2. The number of carbonyl (C=O) groups excluding carboxylic acids is 1. The summed E-state index contributed by atoms with van der Waals surface area (Å²) in [5, 5.41) is 3.15. The first-order valence-electron chi connectivity index (χ1n) is 16.2. The summed E-state index contributed by atoms with van der Waals surface area (Å²) in [5.74, 6) is 4.09. The van der Waals surface area contributed by atoms with Gasteiger partial charge in [-0.2, -0.15) is 0 Å². The van der Waals surface area contributed by atoms with Gasteiger partial charge in [-0.1, -0.05) is 72.5 Å². The number of fused-ring (bicyclic) bond motifs is 5. The second kappa shape index (κ2) is 12.3. The van der Waals surface area contributed by atoms with Crippen LogP contribution in [0.25, 0.3) is 0 Å². The fourth-order valence-corrected chi connectivity index (χ4v) is 9.87. The first-order valence-corrected chi connectivity index (χ1v) is 16.2. The lowest BCUT2D eigenvalue weighted by Crippen LogP contribution is -2.55. The third-order valence-electron chi connectivity index (χ3n) is 12.3. The Labute approximate surface area is 234 Å². The number of ether oxygens (including phenoxy) is 2. The molecule has 0 spiro atoms. The average Bonchev–Trinajstić information content (AvgIpc) is 3.15. The van der Waals surface area contributed by atoms with E-state index in [1.165, 1.54) is 64.2 Å². The summed E-state index contributed by atoms with van der Waals surface area (Å²) in [4.78, 5) is 11.5. The van der Waals surface area contributed by atoms with Gasteiger partial charge in [-0.15, -0.1) is 0 Å². The Hall–Kier alpha value is -0.870. The number of hydrogen-bond acceptors (Lipinski definition) is 4. The predicted octanol–water partition coefficient (Wildman–Crippen LogP) is 7.96. The fraction of sp³-hybridized carbons (Fsp3) is 0.912. The van der Waals surface area contributed by atoms with Crippen molar-refractivity contribution in [2.45, 2.75) is 125 Å². The highest BCUT2D eigenvalue weighted by Crippen LogP contribution is 2.72. The summed E-state index contributed by atoms with van der Waals surface area (Å²) in [5.41, 5.74) is 3.04. The Kier molecular flexibility index (Phi) is 9.77. The zero-order chi connectivity index (χ0) is 27.6.